The van der Waals surface area contributed by atoms with Gasteiger partial charge in [-0.2, -0.15) is 0 Å². The zero-order chi connectivity index (χ0) is 17.4. The number of amides is 1. The number of aromatic amines is 1. The highest BCUT2D eigenvalue weighted by molar-refractivity contribution is 6.49. The van der Waals surface area contributed by atoms with Crippen molar-refractivity contribution < 1.29 is 14.3 Å². The van der Waals surface area contributed by atoms with E-state index in [1.165, 1.54) is 0 Å². The first kappa shape index (κ1) is 15.4. The van der Waals surface area contributed by atoms with E-state index in [4.69, 9.17) is 4.74 Å². The molecule has 25 heavy (non-hydrogen) atoms. The van der Waals surface area contributed by atoms with Gasteiger partial charge in [0, 0.05) is 29.3 Å². The van der Waals surface area contributed by atoms with E-state index in [2.05, 4.69) is 4.98 Å². The van der Waals surface area contributed by atoms with Crippen LogP contribution in [0.4, 0.5) is 5.69 Å². The fraction of sp³-hybridized carbons (Fsp3) is 0.200. The van der Waals surface area contributed by atoms with Gasteiger partial charge in [0.05, 0.1) is 12.7 Å². The highest BCUT2D eigenvalue weighted by Gasteiger charge is 2.29. The minimum absolute atomic E-state index is 0.377. The van der Waals surface area contributed by atoms with E-state index in [0.717, 1.165) is 29.6 Å². The predicted molar refractivity (Wildman–Crippen MR) is 96.3 cm³/mol. The van der Waals surface area contributed by atoms with Gasteiger partial charge in [0.15, 0.2) is 0 Å². The van der Waals surface area contributed by atoms with Crippen LogP contribution in [0.2, 0.25) is 0 Å². The van der Waals surface area contributed by atoms with Crippen molar-refractivity contribution in [3.63, 3.8) is 0 Å². The van der Waals surface area contributed by atoms with Crippen LogP contribution in [0.5, 0.6) is 5.75 Å². The van der Waals surface area contributed by atoms with Gasteiger partial charge in [-0.15, -0.1) is 0 Å². The number of anilines is 1. The van der Waals surface area contributed by atoms with Crippen LogP contribution in [0, 0.1) is 0 Å². The number of benzene rings is 2. The van der Waals surface area contributed by atoms with Crippen molar-refractivity contribution in [3.8, 4) is 5.75 Å². The van der Waals surface area contributed by atoms with Gasteiger partial charge in [-0.05, 0) is 42.7 Å². The predicted octanol–water partition coefficient (Wildman–Crippen LogP) is 3.34. The number of fused-ring (bicyclic) bond motifs is 2. The number of hydrogen-bond acceptors (Lipinski definition) is 3. The Balaban J connectivity index is 1.71. The number of para-hydroxylation sites is 1. The number of nitrogens with one attached hydrogen (secondary N) is 1. The Kier molecular flexibility index (Phi) is 3.76. The van der Waals surface area contributed by atoms with Crippen LogP contribution in [0.25, 0.3) is 10.9 Å². The normalized spacial score (nSPS) is 13.6. The lowest BCUT2D eigenvalue weighted by atomic mass is 10.0. The number of aromatic nitrogens is 1. The Morgan fingerprint density at radius 2 is 2.00 bits per heavy atom. The summed E-state index contributed by atoms with van der Waals surface area (Å²) >= 11 is 0. The zero-order valence-corrected chi connectivity index (χ0v) is 13.9. The number of aryl methyl sites for hydroxylation is 1. The Morgan fingerprint density at radius 1 is 1.16 bits per heavy atom. The zero-order valence-electron chi connectivity index (χ0n) is 13.9. The molecule has 0 spiro atoms. The van der Waals surface area contributed by atoms with Crippen molar-refractivity contribution in [1.29, 1.82) is 0 Å². The molecule has 3 aromatic rings. The Labute approximate surface area is 145 Å². The third kappa shape index (κ3) is 2.58. The molecule has 0 bridgehead atoms. The number of Topliss-reactive ketones (excluding diaryl/α,β-unsaturated/α-hetero) is 1. The minimum atomic E-state index is -0.504. The van der Waals surface area contributed by atoms with E-state index in [-0.39, 0.29) is 0 Å². The molecule has 1 aliphatic heterocycles. The molecule has 0 saturated heterocycles. The van der Waals surface area contributed by atoms with Gasteiger partial charge in [0.25, 0.3) is 11.7 Å². The summed E-state index contributed by atoms with van der Waals surface area (Å²) in [5, 5.41) is 0.697. The molecule has 4 rings (SSSR count). The van der Waals surface area contributed by atoms with Crippen molar-refractivity contribution in [2.24, 2.45) is 0 Å². The van der Waals surface area contributed by atoms with Crippen LogP contribution in [0.1, 0.15) is 22.3 Å². The fourth-order valence-corrected chi connectivity index (χ4v) is 3.40. The van der Waals surface area contributed by atoms with Crippen LogP contribution in [0.3, 0.4) is 0 Å². The molecular formula is C20H18N2O3. The average Bonchev–Trinajstić information content (AvgIpc) is 3.09. The number of ether oxygens (including phenoxy) is 1. The minimum Gasteiger partial charge on any atom is -0.497 e. The van der Waals surface area contributed by atoms with E-state index in [1.807, 2.05) is 36.4 Å². The Morgan fingerprint density at radius 3 is 2.84 bits per heavy atom. The lowest BCUT2D eigenvalue weighted by Gasteiger charge is -2.28. The van der Waals surface area contributed by atoms with E-state index in [0.29, 0.717) is 23.2 Å². The molecule has 126 valence electrons. The molecule has 0 fully saturated rings. The van der Waals surface area contributed by atoms with Gasteiger partial charge in [-0.25, -0.2) is 0 Å². The number of carbonyl (C=O) groups is 2. The van der Waals surface area contributed by atoms with Crippen molar-refractivity contribution in [2.75, 3.05) is 18.6 Å². The van der Waals surface area contributed by atoms with E-state index < -0.39 is 11.7 Å². The highest BCUT2D eigenvalue weighted by Crippen LogP contribution is 2.29. The van der Waals surface area contributed by atoms with Crippen LogP contribution in [-0.4, -0.2) is 30.3 Å². The number of H-pyrrole nitrogens is 1. The maximum absolute atomic E-state index is 12.9. The van der Waals surface area contributed by atoms with E-state index >= 15 is 0 Å². The standard InChI is InChI=1S/C20H18N2O3/c1-25-14-8-9-17-15(11-14)16(12-21-17)19(23)20(24)22-10-4-6-13-5-2-3-7-18(13)22/h2-3,5,7-9,11-12,21H,4,6,10H2,1H3. The lowest BCUT2D eigenvalue weighted by Crippen LogP contribution is -2.40. The molecule has 1 N–H and O–H groups in total. The van der Waals surface area contributed by atoms with E-state index in [9.17, 15) is 9.59 Å². The molecule has 1 amide bonds. The van der Waals surface area contributed by atoms with Gasteiger partial charge in [-0.1, -0.05) is 18.2 Å². The van der Waals surface area contributed by atoms with Gasteiger partial charge in [-0.3, -0.25) is 9.59 Å². The maximum Gasteiger partial charge on any atom is 0.299 e. The van der Waals surface area contributed by atoms with Crippen molar-refractivity contribution >= 4 is 28.3 Å². The van der Waals surface area contributed by atoms with Crippen molar-refractivity contribution in [2.45, 2.75) is 12.8 Å². The molecule has 0 radical (unpaired) electrons. The molecule has 1 aromatic heterocycles. The summed E-state index contributed by atoms with van der Waals surface area (Å²) in [4.78, 5) is 30.4. The summed E-state index contributed by atoms with van der Waals surface area (Å²) < 4.78 is 5.23. The number of rotatable bonds is 3. The summed E-state index contributed by atoms with van der Waals surface area (Å²) in [6.07, 6.45) is 3.39. The number of hydrogen-bond donors (Lipinski definition) is 1. The number of methoxy groups -OCH3 is 1. The molecule has 1 aliphatic rings. The number of carbonyl (C=O) groups excluding carboxylic acids is 2. The largest absolute Gasteiger partial charge is 0.497 e. The molecule has 5 heteroatoms. The van der Waals surface area contributed by atoms with Gasteiger partial charge in [0.2, 0.25) is 0 Å². The molecule has 5 nitrogen and oxygen atoms in total. The fourth-order valence-electron chi connectivity index (χ4n) is 3.40. The second-order valence-electron chi connectivity index (χ2n) is 6.13. The quantitative estimate of drug-likeness (QED) is 0.590. The van der Waals surface area contributed by atoms with Gasteiger partial charge < -0.3 is 14.6 Å². The first-order chi connectivity index (χ1) is 12.2. The Hall–Kier alpha value is -3.08. The molecule has 0 unspecified atom stereocenters. The van der Waals surface area contributed by atoms with Crippen LogP contribution < -0.4 is 9.64 Å². The first-order valence-electron chi connectivity index (χ1n) is 8.28. The smallest absolute Gasteiger partial charge is 0.299 e. The molecule has 2 heterocycles. The average molecular weight is 334 g/mol. The third-order valence-electron chi connectivity index (χ3n) is 4.68. The molecule has 0 atom stereocenters. The number of nitrogens with zero attached hydrogens (tertiary/aromatic N) is 1. The summed E-state index contributed by atoms with van der Waals surface area (Å²) in [6.45, 7) is 0.563. The summed E-state index contributed by atoms with van der Waals surface area (Å²) in [7, 11) is 1.57. The maximum atomic E-state index is 12.9. The monoisotopic (exact) mass is 334 g/mol. The molecule has 2 aromatic carbocycles. The van der Waals surface area contributed by atoms with Gasteiger partial charge >= 0.3 is 0 Å². The lowest BCUT2D eigenvalue weighted by molar-refractivity contribution is -0.114. The second kappa shape index (κ2) is 6.09. The molecule has 0 aliphatic carbocycles. The highest BCUT2D eigenvalue weighted by atomic mass is 16.5. The SMILES string of the molecule is COc1ccc2[nH]cc(C(=O)C(=O)N3CCCc4ccccc43)c2c1. The van der Waals surface area contributed by atoms with Crippen molar-refractivity contribution in [1.82, 2.24) is 4.98 Å². The summed E-state index contributed by atoms with van der Waals surface area (Å²) in [5.74, 6) is -0.344. The van der Waals surface area contributed by atoms with Gasteiger partial charge in [0.1, 0.15) is 5.75 Å². The third-order valence-corrected chi connectivity index (χ3v) is 4.68. The van der Waals surface area contributed by atoms with E-state index in [1.54, 1.807) is 24.3 Å². The molecule has 0 saturated carbocycles. The number of ketones is 1. The summed E-state index contributed by atoms with van der Waals surface area (Å²) in [6, 6.07) is 13.2. The topological polar surface area (TPSA) is 62.4 Å². The van der Waals surface area contributed by atoms with Crippen LogP contribution >= 0.6 is 0 Å². The second-order valence-corrected chi connectivity index (χ2v) is 6.13. The summed E-state index contributed by atoms with van der Waals surface area (Å²) in [5.41, 5.74) is 3.12. The van der Waals surface area contributed by atoms with Crippen LogP contribution in [0.15, 0.2) is 48.7 Å². The van der Waals surface area contributed by atoms with Crippen molar-refractivity contribution in [3.05, 3.63) is 59.8 Å². The Bertz CT molecular complexity index is 974. The van der Waals surface area contributed by atoms with Crippen LogP contribution in [-0.2, 0) is 11.2 Å². The first-order valence-corrected chi connectivity index (χ1v) is 8.28. The molecular weight excluding hydrogens is 316 g/mol.